The Bertz CT molecular complexity index is 170. The molecule has 0 saturated carbocycles. The van der Waals surface area contributed by atoms with Crippen molar-refractivity contribution >= 4 is 5.91 Å². The maximum atomic E-state index is 10.9. The van der Waals surface area contributed by atoms with Gasteiger partial charge in [-0.1, -0.05) is 0 Å². The first-order chi connectivity index (χ1) is 6.52. The molecule has 4 nitrogen and oxygen atoms in total. The van der Waals surface area contributed by atoms with Crippen LogP contribution in [-0.2, 0) is 4.79 Å². The summed E-state index contributed by atoms with van der Waals surface area (Å²) in [5.74, 6) is 0.0757. The van der Waals surface area contributed by atoms with Crippen LogP contribution < -0.4 is 10.6 Å². The van der Waals surface area contributed by atoms with E-state index < -0.39 is 0 Å². The Morgan fingerprint density at radius 1 is 1.43 bits per heavy atom. The highest BCUT2D eigenvalue weighted by Crippen LogP contribution is 2.06. The lowest BCUT2D eigenvalue weighted by Crippen LogP contribution is -2.40. The molecule has 0 fully saturated rings. The van der Waals surface area contributed by atoms with Crippen LogP contribution >= 0.6 is 0 Å². The van der Waals surface area contributed by atoms with E-state index in [1.165, 1.54) is 0 Å². The van der Waals surface area contributed by atoms with Crippen molar-refractivity contribution in [2.75, 3.05) is 20.2 Å². The van der Waals surface area contributed by atoms with E-state index in [-0.39, 0.29) is 18.1 Å². The lowest BCUT2D eigenvalue weighted by Gasteiger charge is -2.25. The van der Waals surface area contributed by atoms with Gasteiger partial charge in [-0.05, 0) is 33.2 Å². The second kappa shape index (κ2) is 6.79. The summed E-state index contributed by atoms with van der Waals surface area (Å²) in [6, 6.07) is 0. The van der Waals surface area contributed by atoms with Gasteiger partial charge >= 0.3 is 0 Å². The molecule has 0 atom stereocenters. The molecular formula is C10H22N2O2. The highest BCUT2D eigenvalue weighted by atomic mass is 16.3. The van der Waals surface area contributed by atoms with Crippen LogP contribution in [0.3, 0.4) is 0 Å². The van der Waals surface area contributed by atoms with Crippen LogP contribution in [0, 0.1) is 0 Å². The molecule has 1 amide bonds. The number of hydrogen-bond donors (Lipinski definition) is 3. The van der Waals surface area contributed by atoms with Gasteiger partial charge in [-0.2, -0.15) is 0 Å². The van der Waals surface area contributed by atoms with E-state index in [2.05, 4.69) is 10.6 Å². The first kappa shape index (κ1) is 13.4. The number of aliphatic hydroxyl groups excluding tert-OH is 1. The zero-order chi connectivity index (χ0) is 11.0. The molecule has 0 heterocycles. The Hall–Kier alpha value is -0.610. The quantitative estimate of drug-likeness (QED) is 0.519. The molecule has 0 radical (unpaired) electrons. The lowest BCUT2D eigenvalue weighted by molar-refractivity contribution is -0.120. The molecular weight excluding hydrogens is 180 g/mol. The van der Waals surface area contributed by atoms with E-state index in [1.54, 1.807) is 7.05 Å². The average molecular weight is 202 g/mol. The van der Waals surface area contributed by atoms with E-state index in [0.717, 1.165) is 19.4 Å². The number of nitrogens with one attached hydrogen (secondary N) is 2. The van der Waals surface area contributed by atoms with Gasteiger partial charge in [0, 0.05) is 25.6 Å². The Kier molecular flexibility index (Phi) is 6.49. The van der Waals surface area contributed by atoms with Crippen LogP contribution in [0.5, 0.6) is 0 Å². The summed E-state index contributed by atoms with van der Waals surface area (Å²) < 4.78 is 0. The third kappa shape index (κ3) is 6.86. The number of amides is 1. The fraction of sp³-hybridized carbons (Fsp3) is 0.900. The Labute approximate surface area is 86.1 Å². The molecule has 14 heavy (non-hydrogen) atoms. The summed E-state index contributed by atoms with van der Waals surface area (Å²) >= 11 is 0. The van der Waals surface area contributed by atoms with Crippen molar-refractivity contribution < 1.29 is 9.90 Å². The molecule has 0 spiro atoms. The summed E-state index contributed by atoms with van der Waals surface area (Å²) in [4.78, 5) is 10.9. The second-order valence-electron chi connectivity index (χ2n) is 4.06. The molecule has 0 rings (SSSR count). The van der Waals surface area contributed by atoms with Gasteiger partial charge in [-0.15, -0.1) is 0 Å². The van der Waals surface area contributed by atoms with E-state index in [4.69, 9.17) is 5.11 Å². The number of aliphatic hydroxyl groups is 1. The van der Waals surface area contributed by atoms with Gasteiger partial charge in [0.1, 0.15) is 0 Å². The third-order valence-electron chi connectivity index (χ3n) is 2.20. The molecule has 0 aliphatic heterocycles. The molecule has 0 aliphatic carbocycles. The van der Waals surface area contributed by atoms with Crippen molar-refractivity contribution in [2.45, 2.75) is 38.6 Å². The summed E-state index contributed by atoms with van der Waals surface area (Å²) in [5, 5.41) is 14.7. The van der Waals surface area contributed by atoms with Crippen LogP contribution in [-0.4, -0.2) is 36.8 Å². The third-order valence-corrected chi connectivity index (χ3v) is 2.20. The first-order valence-electron chi connectivity index (χ1n) is 5.08. The molecule has 0 saturated heterocycles. The second-order valence-corrected chi connectivity index (χ2v) is 4.06. The van der Waals surface area contributed by atoms with Crippen LogP contribution in [0.25, 0.3) is 0 Å². The lowest BCUT2D eigenvalue weighted by atomic mass is 10.0. The van der Waals surface area contributed by atoms with Crippen molar-refractivity contribution in [3.8, 4) is 0 Å². The van der Waals surface area contributed by atoms with Crippen LogP contribution in [0.1, 0.15) is 33.1 Å². The van der Waals surface area contributed by atoms with Crippen molar-refractivity contribution in [1.29, 1.82) is 0 Å². The van der Waals surface area contributed by atoms with Gasteiger partial charge in [0.05, 0.1) is 0 Å². The van der Waals surface area contributed by atoms with Gasteiger partial charge < -0.3 is 15.7 Å². The van der Waals surface area contributed by atoms with Gasteiger partial charge in [-0.3, -0.25) is 4.79 Å². The van der Waals surface area contributed by atoms with Gasteiger partial charge in [0.15, 0.2) is 0 Å². The summed E-state index contributed by atoms with van der Waals surface area (Å²) in [7, 11) is 1.64. The van der Waals surface area contributed by atoms with E-state index >= 15 is 0 Å². The average Bonchev–Trinajstić information content (AvgIpc) is 2.12. The maximum Gasteiger partial charge on any atom is 0.219 e. The highest BCUT2D eigenvalue weighted by molar-refractivity contribution is 5.75. The molecule has 3 N–H and O–H groups in total. The highest BCUT2D eigenvalue weighted by Gasteiger charge is 2.15. The molecule has 0 aromatic carbocycles. The minimum absolute atomic E-state index is 0.0442. The minimum Gasteiger partial charge on any atom is -0.396 e. The van der Waals surface area contributed by atoms with Crippen LogP contribution in [0.4, 0.5) is 0 Å². The van der Waals surface area contributed by atoms with Crippen LogP contribution in [0.15, 0.2) is 0 Å². The normalized spacial score (nSPS) is 11.4. The van der Waals surface area contributed by atoms with E-state index in [1.807, 2.05) is 13.8 Å². The fourth-order valence-corrected chi connectivity index (χ4v) is 1.17. The molecule has 0 bridgehead atoms. The molecule has 0 unspecified atom stereocenters. The van der Waals surface area contributed by atoms with Crippen LogP contribution in [0.2, 0.25) is 0 Å². The van der Waals surface area contributed by atoms with E-state index in [9.17, 15) is 4.79 Å². The number of hydrogen-bond acceptors (Lipinski definition) is 3. The molecule has 0 aliphatic rings. The number of carbonyl (C=O) groups excluding carboxylic acids is 1. The van der Waals surface area contributed by atoms with Gasteiger partial charge in [0.2, 0.25) is 5.91 Å². The SMILES string of the molecule is CNC(=O)CCCNC(C)(C)CCO. The topological polar surface area (TPSA) is 61.4 Å². The predicted octanol–water partition coefficient (Wildman–Crippen LogP) is 0.263. The van der Waals surface area contributed by atoms with Crippen molar-refractivity contribution in [2.24, 2.45) is 0 Å². The van der Waals surface area contributed by atoms with Gasteiger partial charge in [-0.25, -0.2) is 0 Å². The standard InChI is InChI=1S/C10H22N2O2/c1-10(2,6-8-13)12-7-4-5-9(14)11-3/h12-13H,4-8H2,1-3H3,(H,11,14). The summed E-state index contributed by atoms with van der Waals surface area (Å²) in [6.07, 6.45) is 2.11. The van der Waals surface area contributed by atoms with E-state index in [0.29, 0.717) is 6.42 Å². The molecule has 84 valence electrons. The monoisotopic (exact) mass is 202 g/mol. The van der Waals surface area contributed by atoms with Crippen molar-refractivity contribution in [1.82, 2.24) is 10.6 Å². The first-order valence-corrected chi connectivity index (χ1v) is 5.08. The summed E-state index contributed by atoms with van der Waals surface area (Å²) in [5.41, 5.74) is -0.0442. The van der Waals surface area contributed by atoms with Crippen molar-refractivity contribution in [3.05, 3.63) is 0 Å². The zero-order valence-electron chi connectivity index (χ0n) is 9.39. The predicted molar refractivity (Wildman–Crippen MR) is 57.1 cm³/mol. The maximum absolute atomic E-state index is 10.9. The minimum atomic E-state index is -0.0442. The largest absolute Gasteiger partial charge is 0.396 e. The zero-order valence-corrected chi connectivity index (χ0v) is 9.39. The fourth-order valence-electron chi connectivity index (χ4n) is 1.17. The van der Waals surface area contributed by atoms with Gasteiger partial charge in [0.25, 0.3) is 0 Å². The molecule has 4 heteroatoms. The Morgan fingerprint density at radius 2 is 2.07 bits per heavy atom. The summed E-state index contributed by atoms with van der Waals surface area (Å²) in [6.45, 7) is 5.09. The Balaban J connectivity index is 3.48. The number of rotatable bonds is 7. The smallest absolute Gasteiger partial charge is 0.219 e. The molecule has 0 aromatic heterocycles. The Morgan fingerprint density at radius 3 is 2.57 bits per heavy atom. The number of carbonyl (C=O) groups is 1. The molecule has 0 aromatic rings. The van der Waals surface area contributed by atoms with Crippen molar-refractivity contribution in [3.63, 3.8) is 0 Å².